The Morgan fingerprint density at radius 2 is 1.92 bits per heavy atom. The number of carbonyl (C=O) groups excluding carboxylic acids is 1. The van der Waals surface area contributed by atoms with Crippen molar-refractivity contribution in [2.45, 2.75) is 34.1 Å². The fraction of sp³-hybridized carbons (Fsp3) is 0.333. The highest BCUT2D eigenvalue weighted by Crippen LogP contribution is 2.16. The zero-order valence-electron chi connectivity index (χ0n) is 14.6. The molecule has 6 heteroatoms. The lowest BCUT2D eigenvalue weighted by Gasteiger charge is -2.06. The van der Waals surface area contributed by atoms with E-state index < -0.39 is 0 Å². The van der Waals surface area contributed by atoms with E-state index in [1.807, 2.05) is 39.0 Å². The molecule has 0 atom stereocenters. The zero-order valence-corrected chi connectivity index (χ0v) is 14.6. The number of aliphatic hydroxyl groups excluding tert-OH is 1. The van der Waals surface area contributed by atoms with Crippen LogP contribution in [-0.2, 0) is 9.53 Å². The molecule has 132 valence electrons. The summed E-state index contributed by atoms with van der Waals surface area (Å²) in [5.74, 6) is 2.22. The van der Waals surface area contributed by atoms with Crippen molar-refractivity contribution in [2.24, 2.45) is 5.73 Å². The highest BCUT2D eigenvalue weighted by Gasteiger charge is 2.06. The molecular weight excluding hydrogens is 308 g/mol. The number of furan rings is 1. The standard InChI is InChI=1S/C10H13NO2.C6H8O.C2H5NO/c1-2-13-10-6-8(7-11)4-3-5-9(10)12;1-5-3-4-6(2)7-5;1-2(3)4/h4-7,11-12H,2-3H2,1H3;3-4H,1-2H3;1H3,(H2,3,4). The van der Waals surface area contributed by atoms with E-state index in [0.717, 1.165) is 17.1 Å². The summed E-state index contributed by atoms with van der Waals surface area (Å²) in [6.45, 7) is 7.54. The number of ether oxygens (including phenoxy) is 1. The van der Waals surface area contributed by atoms with Gasteiger partial charge in [-0.2, -0.15) is 0 Å². The summed E-state index contributed by atoms with van der Waals surface area (Å²) < 4.78 is 10.3. The highest BCUT2D eigenvalue weighted by atomic mass is 16.5. The first-order chi connectivity index (χ1) is 11.3. The van der Waals surface area contributed by atoms with Gasteiger partial charge < -0.3 is 25.4 Å². The number of primary amides is 1. The third kappa shape index (κ3) is 10.0. The first-order valence-corrected chi connectivity index (χ1v) is 7.53. The Morgan fingerprint density at radius 1 is 1.38 bits per heavy atom. The van der Waals surface area contributed by atoms with E-state index in [0.29, 0.717) is 18.8 Å². The first-order valence-electron chi connectivity index (χ1n) is 7.53. The molecular formula is C18H26N2O4. The van der Waals surface area contributed by atoms with Crippen molar-refractivity contribution in [3.63, 3.8) is 0 Å². The largest absolute Gasteiger partial charge is 0.504 e. The van der Waals surface area contributed by atoms with E-state index in [1.54, 1.807) is 12.2 Å². The molecule has 1 aromatic rings. The van der Waals surface area contributed by atoms with Crippen LogP contribution in [0.4, 0.5) is 0 Å². The van der Waals surface area contributed by atoms with Gasteiger partial charge in [0.25, 0.3) is 0 Å². The summed E-state index contributed by atoms with van der Waals surface area (Å²) in [5, 5.41) is 16.5. The molecule has 6 nitrogen and oxygen atoms in total. The molecule has 2 rings (SSSR count). The second-order valence-corrected chi connectivity index (χ2v) is 4.88. The van der Waals surface area contributed by atoms with Crippen LogP contribution in [0.2, 0.25) is 0 Å². The lowest BCUT2D eigenvalue weighted by atomic mass is 10.2. The molecule has 0 aromatic carbocycles. The average molecular weight is 334 g/mol. The summed E-state index contributed by atoms with van der Waals surface area (Å²) in [5.41, 5.74) is 5.23. The summed E-state index contributed by atoms with van der Waals surface area (Å²) in [7, 11) is 0. The molecule has 24 heavy (non-hydrogen) atoms. The molecule has 1 aliphatic rings. The molecule has 0 saturated carbocycles. The summed E-state index contributed by atoms with van der Waals surface area (Å²) in [6.07, 6.45) is 7.05. The minimum absolute atomic E-state index is 0.148. The maximum atomic E-state index is 9.45. The van der Waals surface area contributed by atoms with Gasteiger partial charge in [-0.25, -0.2) is 0 Å². The molecule has 0 radical (unpaired) electrons. The predicted octanol–water partition coefficient (Wildman–Crippen LogP) is 3.72. The van der Waals surface area contributed by atoms with Crippen molar-refractivity contribution in [1.82, 2.24) is 0 Å². The number of amides is 1. The maximum absolute atomic E-state index is 9.45. The van der Waals surface area contributed by atoms with E-state index in [1.165, 1.54) is 13.1 Å². The number of hydrogen-bond donors (Lipinski definition) is 3. The molecule has 1 aliphatic carbocycles. The Balaban J connectivity index is 0.000000401. The van der Waals surface area contributed by atoms with Crippen LogP contribution in [0, 0.1) is 19.3 Å². The fourth-order valence-corrected chi connectivity index (χ4v) is 1.62. The Labute approximate surface area is 142 Å². The van der Waals surface area contributed by atoms with Gasteiger partial charge in [0.05, 0.1) is 6.61 Å². The minimum atomic E-state index is -0.333. The monoisotopic (exact) mass is 334 g/mol. The Bertz CT molecular complexity index is 604. The number of allylic oxidation sites excluding steroid dienone is 4. The third-order valence-corrected chi connectivity index (χ3v) is 2.56. The fourth-order valence-electron chi connectivity index (χ4n) is 1.62. The molecule has 4 N–H and O–H groups in total. The number of nitrogens with two attached hydrogens (primary N) is 1. The number of aliphatic hydroxyl groups is 1. The predicted molar refractivity (Wildman–Crippen MR) is 95.0 cm³/mol. The summed E-state index contributed by atoms with van der Waals surface area (Å²) in [6, 6.07) is 3.91. The Hall–Kier alpha value is -2.76. The third-order valence-electron chi connectivity index (χ3n) is 2.56. The maximum Gasteiger partial charge on any atom is 0.214 e. The van der Waals surface area contributed by atoms with Gasteiger partial charge in [-0.05, 0) is 57.0 Å². The van der Waals surface area contributed by atoms with E-state index >= 15 is 0 Å². The molecule has 1 amide bonds. The molecule has 1 heterocycles. The molecule has 1 aromatic heterocycles. The average Bonchev–Trinajstić information content (AvgIpc) is 2.78. The lowest BCUT2D eigenvalue weighted by Crippen LogP contribution is -2.01. The summed E-state index contributed by atoms with van der Waals surface area (Å²) in [4.78, 5) is 9.22. The van der Waals surface area contributed by atoms with Crippen LogP contribution in [0.15, 0.2) is 51.9 Å². The topological polar surface area (TPSA) is 110 Å². The SMILES string of the molecule is CC(N)=O.CCOC1=CC(C=N)=CCC=C1O.Cc1ccc(C)o1. The smallest absolute Gasteiger partial charge is 0.214 e. The van der Waals surface area contributed by atoms with Crippen LogP contribution in [0.1, 0.15) is 31.8 Å². The van der Waals surface area contributed by atoms with Gasteiger partial charge in [-0.3, -0.25) is 4.79 Å². The second-order valence-electron chi connectivity index (χ2n) is 4.88. The zero-order chi connectivity index (χ0) is 18.5. The number of nitrogens with one attached hydrogen (secondary N) is 1. The van der Waals surface area contributed by atoms with Gasteiger partial charge in [0.1, 0.15) is 11.5 Å². The minimum Gasteiger partial charge on any atom is -0.504 e. The van der Waals surface area contributed by atoms with E-state index in [2.05, 4.69) is 5.73 Å². The lowest BCUT2D eigenvalue weighted by molar-refractivity contribution is -0.115. The van der Waals surface area contributed by atoms with Crippen LogP contribution >= 0.6 is 0 Å². The molecule has 0 fully saturated rings. The Kier molecular flexibility index (Phi) is 10.4. The van der Waals surface area contributed by atoms with Gasteiger partial charge >= 0.3 is 0 Å². The normalized spacial score (nSPS) is 12.8. The van der Waals surface area contributed by atoms with Crippen LogP contribution in [0.25, 0.3) is 0 Å². The number of carbonyl (C=O) groups is 1. The number of hydrogen-bond acceptors (Lipinski definition) is 5. The van der Waals surface area contributed by atoms with Crippen molar-refractivity contribution in [2.75, 3.05) is 6.61 Å². The number of rotatable bonds is 3. The van der Waals surface area contributed by atoms with Gasteiger partial charge in [0, 0.05) is 13.1 Å². The molecule has 0 aliphatic heterocycles. The molecule has 0 spiro atoms. The summed E-state index contributed by atoms with van der Waals surface area (Å²) >= 11 is 0. The van der Waals surface area contributed by atoms with Crippen LogP contribution < -0.4 is 5.73 Å². The van der Waals surface area contributed by atoms with Gasteiger partial charge in [0.15, 0.2) is 11.5 Å². The van der Waals surface area contributed by atoms with Gasteiger partial charge in [-0.15, -0.1) is 0 Å². The van der Waals surface area contributed by atoms with Crippen molar-refractivity contribution >= 4 is 12.1 Å². The van der Waals surface area contributed by atoms with Crippen molar-refractivity contribution < 1.29 is 19.1 Å². The number of aryl methyl sites for hydroxylation is 2. The van der Waals surface area contributed by atoms with Gasteiger partial charge in [-0.1, -0.05) is 6.08 Å². The first kappa shape index (κ1) is 21.2. The molecule has 0 unspecified atom stereocenters. The van der Waals surface area contributed by atoms with Gasteiger partial charge in [0.2, 0.25) is 5.91 Å². The van der Waals surface area contributed by atoms with Crippen molar-refractivity contribution in [1.29, 1.82) is 5.41 Å². The highest BCUT2D eigenvalue weighted by molar-refractivity contribution is 5.80. The van der Waals surface area contributed by atoms with E-state index in [4.69, 9.17) is 14.6 Å². The Morgan fingerprint density at radius 3 is 2.29 bits per heavy atom. The molecule has 0 saturated heterocycles. The van der Waals surface area contributed by atoms with E-state index in [-0.39, 0.29) is 11.7 Å². The quantitative estimate of drug-likeness (QED) is 0.732. The van der Waals surface area contributed by atoms with Crippen molar-refractivity contribution in [3.05, 3.63) is 59.0 Å². The second kappa shape index (κ2) is 11.8. The van der Waals surface area contributed by atoms with Crippen LogP contribution in [0.5, 0.6) is 0 Å². The van der Waals surface area contributed by atoms with Crippen molar-refractivity contribution in [3.8, 4) is 0 Å². The van der Waals surface area contributed by atoms with Crippen LogP contribution in [0.3, 0.4) is 0 Å². The van der Waals surface area contributed by atoms with E-state index in [9.17, 15) is 9.90 Å². The molecule has 0 bridgehead atoms. The van der Waals surface area contributed by atoms with Crippen LogP contribution in [-0.4, -0.2) is 23.8 Å².